The summed E-state index contributed by atoms with van der Waals surface area (Å²) < 4.78 is 5.52. The summed E-state index contributed by atoms with van der Waals surface area (Å²) in [7, 11) is 0. The predicted molar refractivity (Wildman–Crippen MR) is 53.9 cm³/mol. The zero-order chi connectivity index (χ0) is 9.97. The fourth-order valence-corrected chi connectivity index (χ4v) is 1.93. The Hall–Kier alpha value is -1.04. The van der Waals surface area contributed by atoms with Crippen molar-refractivity contribution in [1.29, 1.82) is 5.26 Å². The molecular weight excluding hydrogens is 198 g/mol. The summed E-state index contributed by atoms with van der Waals surface area (Å²) in [5.41, 5.74) is 1.00. The average molecular weight is 208 g/mol. The fraction of sp³-hybridized carbons (Fsp3) is 0.364. The lowest BCUT2D eigenvalue weighted by Crippen LogP contribution is -2.04. The molecule has 72 valence electrons. The average Bonchev–Trinajstić information content (AvgIpc) is 2.65. The van der Waals surface area contributed by atoms with Crippen molar-refractivity contribution in [2.45, 2.75) is 12.5 Å². The Kier molecular flexibility index (Phi) is 2.72. The van der Waals surface area contributed by atoms with Gasteiger partial charge in [-0.15, -0.1) is 0 Å². The van der Waals surface area contributed by atoms with Gasteiger partial charge < -0.3 is 4.74 Å². The van der Waals surface area contributed by atoms with Crippen molar-refractivity contribution in [3.05, 3.63) is 34.9 Å². The van der Waals surface area contributed by atoms with Gasteiger partial charge in [-0.1, -0.05) is 23.7 Å². The minimum atomic E-state index is -0.0984. The second-order valence-electron chi connectivity index (χ2n) is 3.37. The van der Waals surface area contributed by atoms with Crippen LogP contribution in [0.25, 0.3) is 0 Å². The Bertz CT molecular complexity index is 372. The third-order valence-corrected chi connectivity index (χ3v) is 2.67. The molecule has 1 fully saturated rings. The molecule has 0 amide bonds. The second-order valence-corrected chi connectivity index (χ2v) is 3.81. The maximum atomic E-state index is 8.90. The highest BCUT2D eigenvalue weighted by atomic mass is 35.5. The van der Waals surface area contributed by atoms with Crippen LogP contribution in [0.2, 0.25) is 5.02 Å². The van der Waals surface area contributed by atoms with E-state index in [1.165, 1.54) is 0 Å². The summed E-state index contributed by atoms with van der Waals surface area (Å²) in [5.74, 6) is -0.0338. The molecule has 0 saturated carbocycles. The van der Waals surface area contributed by atoms with E-state index in [2.05, 4.69) is 6.07 Å². The number of nitriles is 1. The van der Waals surface area contributed by atoms with Crippen molar-refractivity contribution in [3.8, 4) is 6.07 Å². The summed E-state index contributed by atoms with van der Waals surface area (Å²) in [6.45, 7) is 0.662. The van der Waals surface area contributed by atoms with E-state index >= 15 is 0 Å². The van der Waals surface area contributed by atoms with Gasteiger partial charge in [-0.25, -0.2) is 0 Å². The molecular formula is C11H10ClNO. The number of hydrogen-bond acceptors (Lipinski definition) is 2. The van der Waals surface area contributed by atoms with Gasteiger partial charge >= 0.3 is 0 Å². The number of halogens is 1. The van der Waals surface area contributed by atoms with Crippen LogP contribution in [-0.2, 0) is 4.74 Å². The zero-order valence-electron chi connectivity index (χ0n) is 7.61. The van der Waals surface area contributed by atoms with Crippen LogP contribution in [0.4, 0.5) is 0 Å². The summed E-state index contributed by atoms with van der Waals surface area (Å²) >= 11 is 5.88. The number of hydrogen-bond donors (Lipinski definition) is 0. The lowest BCUT2D eigenvalue weighted by atomic mass is 9.97. The van der Waals surface area contributed by atoms with Gasteiger partial charge in [0.25, 0.3) is 0 Å². The van der Waals surface area contributed by atoms with Crippen LogP contribution in [-0.4, -0.2) is 6.61 Å². The van der Waals surface area contributed by atoms with Crippen LogP contribution in [0.15, 0.2) is 24.3 Å². The van der Waals surface area contributed by atoms with E-state index in [0.717, 1.165) is 12.0 Å². The van der Waals surface area contributed by atoms with Gasteiger partial charge in [0.1, 0.15) is 0 Å². The van der Waals surface area contributed by atoms with Crippen LogP contribution < -0.4 is 0 Å². The van der Waals surface area contributed by atoms with Crippen molar-refractivity contribution in [2.75, 3.05) is 6.61 Å². The van der Waals surface area contributed by atoms with Crippen molar-refractivity contribution < 1.29 is 4.74 Å². The number of ether oxygens (including phenoxy) is 1. The Morgan fingerprint density at radius 1 is 1.50 bits per heavy atom. The van der Waals surface area contributed by atoms with Gasteiger partial charge in [-0.3, -0.25) is 0 Å². The van der Waals surface area contributed by atoms with E-state index in [-0.39, 0.29) is 12.0 Å². The molecule has 2 atom stereocenters. The van der Waals surface area contributed by atoms with Crippen LogP contribution in [0, 0.1) is 17.2 Å². The highest BCUT2D eigenvalue weighted by Gasteiger charge is 2.29. The Balaban J connectivity index is 2.27. The molecule has 1 aromatic carbocycles. The Morgan fingerprint density at radius 2 is 2.36 bits per heavy atom. The predicted octanol–water partition coefficient (Wildman–Crippen LogP) is 2.94. The lowest BCUT2D eigenvalue weighted by molar-refractivity contribution is 0.101. The first-order valence-electron chi connectivity index (χ1n) is 4.58. The first-order valence-corrected chi connectivity index (χ1v) is 4.96. The summed E-state index contributed by atoms with van der Waals surface area (Å²) in [6.07, 6.45) is 0.715. The highest BCUT2D eigenvalue weighted by Crippen LogP contribution is 2.34. The van der Waals surface area contributed by atoms with Crippen LogP contribution in [0.1, 0.15) is 18.1 Å². The smallest absolute Gasteiger partial charge is 0.0984 e. The van der Waals surface area contributed by atoms with Crippen molar-refractivity contribution in [1.82, 2.24) is 0 Å². The molecule has 3 heteroatoms. The fourth-order valence-electron chi connectivity index (χ4n) is 1.73. The molecule has 0 spiro atoms. The van der Waals surface area contributed by atoms with E-state index in [1.807, 2.05) is 24.3 Å². The molecule has 0 N–H and O–H groups in total. The summed E-state index contributed by atoms with van der Waals surface area (Å²) in [4.78, 5) is 0. The topological polar surface area (TPSA) is 33.0 Å². The third-order valence-electron chi connectivity index (χ3n) is 2.43. The maximum Gasteiger partial charge on any atom is 0.0984 e. The monoisotopic (exact) mass is 207 g/mol. The van der Waals surface area contributed by atoms with Crippen molar-refractivity contribution >= 4 is 11.6 Å². The van der Waals surface area contributed by atoms with Gasteiger partial charge in [0, 0.05) is 11.6 Å². The zero-order valence-corrected chi connectivity index (χ0v) is 8.37. The first-order chi connectivity index (χ1) is 6.81. The van der Waals surface area contributed by atoms with E-state index in [9.17, 15) is 0 Å². The Morgan fingerprint density at radius 3 is 3.07 bits per heavy atom. The molecule has 1 aliphatic heterocycles. The molecule has 0 aliphatic carbocycles. The number of benzene rings is 1. The summed E-state index contributed by atoms with van der Waals surface area (Å²) in [6, 6.07) is 9.78. The second kappa shape index (κ2) is 4.00. The van der Waals surface area contributed by atoms with Gasteiger partial charge in [0.15, 0.2) is 0 Å². The van der Waals surface area contributed by atoms with Crippen molar-refractivity contribution in [3.63, 3.8) is 0 Å². The lowest BCUT2D eigenvalue weighted by Gasteiger charge is -2.12. The SMILES string of the molecule is N#CC1CCOC1c1cccc(Cl)c1. The largest absolute Gasteiger partial charge is 0.372 e. The molecule has 1 aromatic rings. The van der Waals surface area contributed by atoms with E-state index in [0.29, 0.717) is 11.6 Å². The normalized spacial score (nSPS) is 26.0. The van der Waals surface area contributed by atoms with E-state index in [4.69, 9.17) is 21.6 Å². The molecule has 2 nitrogen and oxygen atoms in total. The van der Waals surface area contributed by atoms with E-state index in [1.54, 1.807) is 0 Å². The minimum Gasteiger partial charge on any atom is -0.372 e. The Labute approximate surface area is 88.1 Å². The van der Waals surface area contributed by atoms with E-state index < -0.39 is 0 Å². The molecule has 1 heterocycles. The molecule has 14 heavy (non-hydrogen) atoms. The van der Waals surface area contributed by atoms with Gasteiger partial charge in [0.05, 0.1) is 18.1 Å². The van der Waals surface area contributed by atoms with Crippen LogP contribution in [0.3, 0.4) is 0 Å². The van der Waals surface area contributed by atoms with Crippen molar-refractivity contribution in [2.24, 2.45) is 5.92 Å². The van der Waals surface area contributed by atoms with Gasteiger partial charge in [-0.2, -0.15) is 5.26 Å². The highest BCUT2D eigenvalue weighted by molar-refractivity contribution is 6.30. The molecule has 1 aliphatic rings. The molecule has 0 aromatic heterocycles. The molecule has 0 bridgehead atoms. The standard InChI is InChI=1S/C11H10ClNO/c12-10-3-1-2-8(6-10)11-9(7-13)4-5-14-11/h1-3,6,9,11H,4-5H2. The first kappa shape index (κ1) is 9.51. The maximum absolute atomic E-state index is 8.90. The van der Waals surface area contributed by atoms with Gasteiger partial charge in [0.2, 0.25) is 0 Å². The molecule has 2 rings (SSSR count). The number of nitrogens with zero attached hydrogens (tertiary/aromatic N) is 1. The van der Waals surface area contributed by atoms with Crippen LogP contribution >= 0.6 is 11.6 Å². The molecule has 2 unspecified atom stereocenters. The number of rotatable bonds is 1. The quantitative estimate of drug-likeness (QED) is 0.710. The van der Waals surface area contributed by atoms with Gasteiger partial charge in [-0.05, 0) is 24.1 Å². The van der Waals surface area contributed by atoms with Crippen LogP contribution in [0.5, 0.6) is 0 Å². The minimum absolute atomic E-state index is 0.0338. The molecule has 1 saturated heterocycles. The third kappa shape index (κ3) is 1.75. The summed E-state index contributed by atoms with van der Waals surface area (Å²) in [5, 5.41) is 9.59. The molecule has 0 radical (unpaired) electrons.